The number of ketones is 2. The van der Waals surface area contributed by atoms with Gasteiger partial charge < -0.3 is 14.8 Å². The van der Waals surface area contributed by atoms with E-state index in [0.29, 0.717) is 16.9 Å². The first-order valence-electron chi connectivity index (χ1n) is 8.63. The molecule has 0 radical (unpaired) electrons. The highest BCUT2D eigenvalue weighted by atomic mass is 16.5. The summed E-state index contributed by atoms with van der Waals surface area (Å²) in [5.74, 6) is 0.478. The lowest BCUT2D eigenvalue weighted by Gasteiger charge is -2.10. The van der Waals surface area contributed by atoms with E-state index in [1.54, 1.807) is 0 Å². The number of aliphatic hydroxyl groups excluding tert-OH is 1. The topological polar surface area (TPSA) is 79.4 Å². The number of nitrogens with one attached hydrogen (secondary N) is 1. The van der Waals surface area contributed by atoms with Crippen LogP contribution in [-0.2, 0) is 12.8 Å². The number of carbonyl (C=O) groups is 2. The average Bonchev–Trinajstić information content (AvgIpc) is 3.28. The Kier molecular flexibility index (Phi) is 3.03. The molecule has 5 heteroatoms. The monoisotopic (exact) mass is 335 g/mol. The molecule has 0 bridgehead atoms. The third-order valence-electron chi connectivity index (χ3n) is 5.33. The van der Waals surface area contributed by atoms with Gasteiger partial charge in [0, 0.05) is 16.5 Å². The Morgan fingerprint density at radius 3 is 2.68 bits per heavy atom. The third-order valence-corrected chi connectivity index (χ3v) is 5.33. The fourth-order valence-corrected chi connectivity index (χ4v) is 4.45. The average molecular weight is 335 g/mol. The molecule has 0 amide bonds. The molecule has 3 aromatic rings. The van der Waals surface area contributed by atoms with Gasteiger partial charge in [-0.2, -0.15) is 0 Å². The Morgan fingerprint density at radius 1 is 1.04 bits per heavy atom. The Bertz CT molecular complexity index is 1080. The number of H-pyrrole nitrogens is 1. The first-order valence-corrected chi connectivity index (χ1v) is 8.63. The van der Waals surface area contributed by atoms with Gasteiger partial charge in [-0.15, -0.1) is 0 Å². The van der Waals surface area contributed by atoms with E-state index in [9.17, 15) is 9.59 Å². The molecule has 0 fully saturated rings. The van der Waals surface area contributed by atoms with Crippen LogP contribution in [0.3, 0.4) is 0 Å². The number of fused-ring (bicyclic) bond motifs is 8. The van der Waals surface area contributed by atoms with Crippen LogP contribution in [0.5, 0.6) is 5.75 Å². The van der Waals surface area contributed by atoms with Crippen molar-refractivity contribution in [2.45, 2.75) is 25.7 Å². The lowest BCUT2D eigenvalue weighted by atomic mass is 9.93. The molecule has 0 unspecified atom stereocenters. The molecule has 2 N–H and O–H groups in total. The molecule has 25 heavy (non-hydrogen) atoms. The number of hydrogen-bond donors (Lipinski definition) is 2. The van der Waals surface area contributed by atoms with Gasteiger partial charge in [-0.3, -0.25) is 9.59 Å². The molecule has 5 nitrogen and oxygen atoms in total. The van der Waals surface area contributed by atoms with Crippen molar-refractivity contribution in [2.75, 3.05) is 13.2 Å². The first kappa shape index (κ1) is 14.7. The minimum atomic E-state index is -0.0995. The van der Waals surface area contributed by atoms with E-state index in [-0.39, 0.29) is 31.2 Å². The molecule has 0 aliphatic heterocycles. The molecular formula is C20H17NO4. The summed E-state index contributed by atoms with van der Waals surface area (Å²) < 4.78 is 5.71. The molecule has 126 valence electrons. The van der Waals surface area contributed by atoms with E-state index >= 15 is 0 Å². The highest BCUT2D eigenvalue weighted by Crippen LogP contribution is 2.45. The van der Waals surface area contributed by atoms with Crippen LogP contribution >= 0.6 is 0 Å². The number of aromatic nitrogens is 1. The molecule has 0 atom stereocenters. The summed E-state index contributed by atoms with van der Waals surface area (Å²) >= 11 is 0. The second kappa shape index (κ2) is 5.17. The minimum Gasteiger partial charge on any atom is -0.490 e. The Morgan fingerprint density at radius 2 is 1.84 bits per heavy atom. The highest BCUT2D eigenvalue weighted by molar-refractivity contribution is 6.33. The molecule has 0 saturated heterocycles. The minimum absolute atomic E-state index is 0.0345. The summed E-state index contributed by atoms with van der Waals surface area (Å²) in [5.41, 5.74) is 5.28. The normalized spacial score (nSPS) is 16.0. The summed E-state index contributed by atoms with van der Waals surface area (Å²) in [5, 5.41) is 10.7. The number of ether oxygens (including phenoxy) is 1. The van der Waals surface area contributed by atoms with Gasteiger partial charge in [0.1, 0.15) is 12.4 Å². The van der Waals surface area contributed by atoms with Crippen molar-refractivity contribution in [2.24, 2.45) is 0 Å². The first-order chi connectivity index (χ1) is 12.2. The van der Waals surface area contributed by atoms with Crippen molar-refractivity contribution in [3.8, 4) is 5.75 Å². The molecular weight excluding hydrogens is 318 g/mol. The number of carbonyl (C=O) groups excluding carboxylic acids is 2. The zero-order valence-corrected chi connectivity index (χ0v) is 13.6. The largest absolute Gasteiger partial charge is 0.490 e. The van der Waals surface area contributed by atoms with Crippen molar-refractivity contribution in [3.63, 3.8) is 0 Å². The Balaban J connectivity index is 1.96. The van der Waals surface area contributed by atoms with Crippen molar-refractivity contribution < 1.29 is 19.4 Å². The summed E-state index contributed by atoms with van der Waals surface area (Å²) in [6, 6.07) is 5.68. The smallest absolute Gasteiger partial charge is 0.172 e. The number of aryl methyl sites for hydroxylation is 1. The molecule has 2 aliphatic rings. The molecule has 5 rings (SSSR count). The summed E-state index contributed by atoms with van der Waals surface area (Å²) in [6.45, 7) is 0.107. The van der Waals surface area contributed by atoms with E-state index in [4.69, 9.17) is 9.84 Å². The predicted octanol–water partition coefficient (Wildman–Crippen LogP) is 2.95. The van der Waals surface area contributed by atoms with Gasteiger partial charge in [-0.1, -0.05) is 6.07 Å². The predicted molar refractivity (Wildman–Crippen MR) is 93.7 cm³/mol. The number of aliphatic hydroxyl groups is 1. The quantitative estimate of drug-likeness (QED) is 0.721. The fourth-order valence-electron chi connectivity index (χ4n) is 4.45. The van der Waals surface area contributed by atoms with Crippen LogP contribution in [-0.4, -0.2) is 34.9 Å². The van der Waals surface area contributed by atoms with Gasteiger partial charge in [0.25, 0.3) is 0 Å². The van der Waals surface area contributed by atoms with Gasteiger partial charge in [-0.25, -0.2) is 0 Å². The van der Waals surface area contributed by atoms with Gasteiger partial charge in [0.2, 0.25) is 0 Å². The SMILES string of the molecule is O=C1CC(=O)c2c1c1c(c3[nH]c4cccc(OCCO)c4c23)CCC1. The van der Waals surface area contributed by atoms with Crippen LogP contribution in [0.4, 0.5) is 0 Å². The van der Waals surface area contributed by atoms with Crippen molar-refractivity contribution in [1.29, 1.82) is 0 Å². The number of hydrogen-bond acceptors (Lipinski definition) is 4. The number of rotatable bonds is 3. The van der Waals surface area contributed by atoms with Crippen molar-refractivity contribution >= 4 is 33.4 Å². The number of Topliss-reactive ketones (excluding diaryl/α,β-unsaturated/α-hetero) is 2. The molecule has 0 spiro atoms. The van der Waals surface area contributed by atoms with Crippen LogP contribution in [0.15, 0.2) is 18.2 Å². The summed E-state index contributed by atoms with van der Waals surface area (Å²) in [4.78, 5) is 28.6. The maximum atomic E-state index is 12.6. The van der Waals surface area contributed by atoms with Crippen LogP contribution in [0.1, 0.15) is 44.7 Å². The van der Waals surface area contributed by atoms with Gasteiger partial charge in [0.05, 0.1) is 29.4 Å². The third kappa shape index (κ3) is 1.87. The van der Waals surface area contributed by atoms with E-state index < -0.39 is 0 Å². The van der Waals surface area contributed by atoms with Crippen molar-refractivity contribution in [3.05, 3.63) is 40.5 Å². The van der Waals surface area contributed by atoms with Gasteiger partial charge >= 0.3 is 0 Å². The fraction of sp³-hybridized carbons (Fsp3) is 0.300. The van der Waals surface area contributed by atoms with Crippen LogP contribution < -0.4 is 4.74 Å². The summed E-state index contributed by atoms with van der Waals surface area (Å²) in [7, 11) is 0. The number of benzene rings is 2. The van der Waals surface area contributed by atoms with Crippen molar-refractivity contribution in [1.82, 2.24) is 4.98 Å². The maximum absolute atomic E-state index is 12.6. The van der Waals surface area contributed by atoms with Gasteiger partial charge in [-0.05, 0) is 42.5 Å². The molecule has 0 saturated carbocycles. The highest BCUT2D eigenvalue weighted by Gasteiger charge is 2.37. The van der Waals surface area contributed by atoms with E-state index in [1.807, 2.05) is 18.2 Å². The second-order valence-corrected chi connectivity index (χ2v) is 6.71. The maximum Gasteiger partial charge on any atom is 0.172 e. The Labute approximate surface area is 143 Å². The van der Waals surface area contributed by atoms with E-state index in [0.717, 1.165) is 46.6 Å². The number of aromatic amines is 1. The lowest BCUT2D eigenvalue weighted by molar-refractivity contribution is 0.0923. The lowest BCUT2D eigenvalue weighted by Crippen LogP contribution is -2.02. The zero-order chi connectivity index (χ0) is 17.1. The van der Waals surface area contributed by atoms with Gasteiger partial charge in [0.15, 0.2) is 11.6 Å². The second-order valence-electron chi connectivity index (χ2n) is 6.71. The van der Waals surface area contributed by atoms with E-state index in [2.05, 4.69) is 4.98 Å². The Hall–Kier alpha value is -2.66. The van der Waals surface area contributed by atoms with Crippen LogP contribution in [0, 0.1) is 0 Å². The zero-order valence-electron chi connectivity index (χ0n) is 13.6. The summed E-state index contributed by atoms with van der Waals surface area (Å²) in [6.07, 6.45) is 2.74. The van der Waals surface area contributed by atoms with Crippen LogP contribution in [0.25, 0.3) is 21.8 Å². The molecule has 1 aromatic heterocycles. The molecule has 2 aromatic carbocycles. The molecule has 1 heterocycles. The van der Waals surface area contributed by atoms with Crippen LogP contribution in [0.2, 0.25) is 0 Å². The molecule has 2 aliphatic carbocycles. The van der Waals surface area contributed by atoms with E-state index in [1.165, 1.54) is 5.56 Å². The standard InChI is InChI=1S/C20H17NO4/c22-7-8-25-15-6-2-5-12-17(15)19-18-14(24)9-13(23)16(18)10-3-1-4-11(10)20(19)21-12/h2,5-6,21-22H,1,3-4,7-9H2.